The van der Waals surface area contributed by atoms with E-state index in [1.54, 1.807) is 18.2 Å². The van der Waals surface area contributed by atoms with Gasteiger partial charge in [0.05, 0.1) is 0 Å². The van der Waals surface area contributed by atoms with Crippen LogP contribution in [0.3, 0.4) is 0 Å². The maximum absolute atomic E-state index is 12.1. The van der Waals surface area contributed by atoms with Crippen LogP contribution in [0.4, 0.5) is 0 Å². The third-order valence-corrected chi connectivity index (χ3v) is 3.19. The van der Waals surface area contributed by atoms with Crippen molar-refractivity contribution in [3.8, 4) is 5.75 Å². The predicted molar refractivity (Wildman–Crippen MR) is 70.7 cm³/mol. The lowest BCUT2D eigenvalue weighted by Gasteiger charge is -2.03. The van der Waals surface area contributed by atoms with Crippen molar-refractivity contribution < 1.29 is 9.90 Å². The average molecular weight is 324 g/mol. The van der Waals surface area contributed by atoms with Gasteiger partial charge in [-0.25, -0.2) is 0 Å². The highest BCUT2D eigenvalue weighted by Gasteiger charge is 2.11. The summed E-state index contributed by atoms with van der Waals surface area (Å²) in [7, 11) is 0. The molecule has 0 amide bonds. The summed E-state index contributed by atoms with van der Waals surface area (Å²) < 4.78 is 0.929. The van der Waals surface area contributed by atoms with Crippen molar-refractivity contribution in [3.05, 3.63) is 63.2 Å². The Labute approximate surface area is 107 Å². The lowest BCUT2D eigenvalue weighted by atomic mass is 10.0. The molecular weight excluding hydrogens is 315 g/mol. The van der Waals surface area contributed by atoms with Gasteiger partial charge in [0.2, 0.25) is 0 Å². The van der Waals surface area contributed by atoms with E-state index < -0.39 is 0 Å². The third-order valence-electron chi connectivity index (χ3n) is 2.25. The largest absolute Gasteiger partial charge is 0.508 e. The second kappa shape index (κ2) is 4.65. The van der Waals surface area contributed by atoms with E-state index >= 15 is 0 Å². The van der Waals surface area contributed by atoms with Crippen LogP contribution in [-0.4, -0.2) is 10.9 Å². The number of halogens is 1. The number of aromatic hydroxyl groups is 1. The number of phenolic OH excluding ortho intramolecular Hbond substituents is 1. The summed E-state index contributed by atoms with van der Waals surface area (Å²) in [5, 5.41) is 9.15. The average Bonchev–Trinajstić information content (AvgIpc) is 2.30. The third kappa shape index (κ3) is 2.24. The molecule has 0 fully saturated rings. The lowest BCUT2D eigenvalue weighted by Crippen LogP contribution is -2.02. The molecule has 2 rings (SSSR count). The molecule has 0 radical (unpaired) electrons. The maximum atomic E-state index is 12.1. The van der Waals surface area contributed by atoms with Crippen LogP contribution in [0.15, 0.2) is 48.5 Å². The van der Waals surface area contributed by atoms with Gasteiger partial charge in [0.1, 0.15) is 5.75 Å². The van der Waals surface area contributed by atoms with Crippen molar-refractivity contribution in [3.63, 3.8) is 0 Å². The quantitative estimate of drug-likeness (QED) is 0.680. The lowest BCUT2D eigenvalue weighted by molar-refractivity contribution is 0.103. The fourth-order valence-electron chi connectivity index (χ4n) is 1.41. The zero-order valence-corrected chi connectivity index (χ0v) is 10.5. The van der Waals surface area contributed by atoms with Crippen molar-refractivity contribution in [1.82, 2.24) is 0 Å². The Morgan fingerprint density at radius 1 is 1.00 bits per heavy atom. The molecule has 0 aliphatic carbocycles. The van der Waals surface area contributed by atoms with E-state index in [9.17, 15) is 4.79 Å². The van der Waals surface area contributed by atoms with Crippen LogP contribution in [-0.2, 0) is 0 Å². The standard InChI is InChI=1S/C13H9IO2/c14-12-4-2-1-3-11(12)13(16)9-5-7-10(15)8-6-9/h1-8,15H. The summed E-state index contributed by atoms with van der Waals surface area (Å²) in [5.74, 6) is 0.143. The number of phenols is 1. The number of carbonyl (C=O) groups excluding carboxylic acids is 1. The Morgan fingerprint density at radius 2 is 1.62 bits per heavy atom. The fourth-order valence-corrected chi connectivity index (χ4v) is 2.05. The van der Waals surface area contributed by atoms with Crippen LogP contribution in [0.25, 0.3) is 0 Å². The van der Waals surface area contributed by atoms with Gasteiger partial charge in [-0.15, -0.1) is 0 Å². The highest BCUT2D eigenvalue weighted by atomic mass is 127. The molecule has 0 bridgehead atoms. The summed E-state index contributed by atoms with van der Waals surface area (Å²) in [5.41, 5.74) is 1.27. The molecule has 2 aromatic rings. The second-order valence-corrected chi connectivity index (χ2v) is 4.52. The molecule has 2 nitrogen and oxygen atoms in total. The van der Waals surface area contributed by atoms with Crippen LogP contribution in [0.5, 0.6) is 5.75 Å². The van der Waals surface area contributed by atoms with Gasteiger partial charge < -0.3 is 5.11 Å². The summed E-state index contributed by atoms with van der Waals surface area (Å²) in [6, 6.07) is 13.7. The minimum atomic E-state index is -0.0231. The predicted octanol–water partition coefficient (Wildman–Crippen LogP) is 3.23. The first-order valence-electron chi connectivity index (χ1n) is 4.77. The van der Waals surface area contributed by atoms with Crippen LogP contribution in [0.2, 0.25) is 0 Å². The van der Waals surface area contributed by atoms with Crippen molar-refractivity contribution >= 4 is 28.4 Å². The van der Waals surface area contributed by atoms with Crippen LogP contribution >= 0.6 is 22.6 Å². The van der Waals surface area contributed by atoms with E-state index in [-0.39, 0.29) is 11.5 Å². The fraction of sp³-hybridized carbons (Fsp3) is 0. The zero-order chi connectivity index (χ0) is 11.5. The van der Waals surface area contributed by atoms with E-state index in [2.05, 4.69) is 22.6 Å². The molecule has 3 heteroatoms. The number of hydrogen-bond acceptors (Lipinski definition) is 2. The molecule has 0 aliphatic rings. The van der Waals surface area contributed by atoms with Gasteiger partial charge in [-0.1, -0.05) is 12.1 Å². The van der Waals surface area contributed by atoms with Gasteiger partial charge in [-0.2, -0.15) is 0 Å². The van der Waals surface area contributed by atoms with Crippen LogP contribution in [0.1, 0.15) is 15.9 Å². The number of carbonyl (C=O) groups is 1. The minimum Gasteiger partial charge on any atom is -0.508 e. The van der Waals surface area contributed by atoms with Crippen molar-refractivity contribution in [2.45, 2.75) is 0 Å². The second-order valence-electron chi connectivity index (χ2n) is 3.36. The van der Waals surface area contributed by atoms with Gasteiger partial charge in [0.25, 0.3) is 0 Å². The topological polar surface area (TPSA) is 37.3 Å². The molecule has 16 heavy (non-hydrogen) atoms. The van der Waals surface area contributed by atoms with Crippen molar-refractivity contribution in [1.29, 1.82) is 0 Å². The van der Waals surface area contributed by atoms with E-state index in [1.165, 1.54) is 12.1 Å². The Balaban J connectivity index is 2.40. The molecule has 80 valence electrons. The Bertz CT molecular complexity index is 518. The van der Waals surface area contributed by atoms with Gasteiger partial charge in [-0.05, 0) is 59.0 Å². The number of rotatable bonds is 2. The Morgan fingerprint density at radius 3 is 2.25 bits per heavy atom. The maximum Gasteiger partial charge on any atom is 0.194 e. The van der Waals surface area contributed by atoms with Crippen molar-refractivity contribution in [2.24, 2.45) is 0 Å². The Kier molecular flexibility index (Phi) is 3.24. The molecule has 0 unspecified atom stereocenters. The summed E-state index contributed by atoms with van der Waals surface area (Å²) in [4.78, 5) is 12.1. The molecule has 1 N–H and O–H groups in total. The first-order chi connectivity index (χ1) is 7.68. The summed E-state index contributed by atoms with van der Waals surface area (Å²) in [6.45, 7) is 0. The first kappa shape index (κ1) is 11.1. The van der Waals surface area contributed by atoms with Gasteiger partial charge >= 0.3 is 0 Å². The number of hydrogen-bond donors (Lipinski definition) is 1. The molecule has 0 aliphatic heterocycles. The Hall–Kier alpha value is -1.36. The number of benzene rings is 2. The van der Waals surface area contributed by atoms with Crippen LogP contribution < -0.4 is 0 Å². The molecule has 0 atom stereocenters. The van der Waals surface area contributed by atoms with Gasteiger partial charge in [0, 0.05) is 14.7 Å². The first-order valence-corrected chi connectivity index (χ1v) is 5.84. The smallest absolute Gasteiger partial charge is 0.194 e. The number of ketones is 1. The minimum absolute atomic E-state index is 0.0231. The zero-order valence-electron chi connectivity index (χ0n) is 8.35. The monoisotopic (exact) mass is 324 g/mol. The SMILES string of the molecule is O=C(c1ccc(O)cc1)c1ccccc1I. The molecule has 0 saturated heterocycles. The highest BCUT2D eigenvalue weighted by Crippen LogP contribution is 2.18. The van der Waals surface area contributed by atoms with E-state index in [0.29, 0.717) is 11.1 Å². The molecule has 0 aromatic heterocycles. The van der Waals surface area contributed by atoms with Gasteiger partial charge in [0.15, 0.2) is 5.78 Å². The molecular formula is C13H9IO2. The van der Waals surface area contributed by atoms with Crippen molar-refractivity contribution in [2.75, 3.05) is 0 Å². The van der Waals surface area contributed by atoms with Crippen LogP contribution in [0, 0.1) is 3.57 Å². The summed E-state index contributed by atoms with van der Waals surface area (Å²) in [6.07, 6.45) is 0. The molecule has 0 saturated carbocycles. The van der Waals surface area contributed by atoms with E-state index in [0.717, 1.165) is 3.57 Å². The highest BCUT2D eigenvalue weighted by molar-refractivity contribution is 14.1. The molecule has 0 heterocycles. The molecule has 0 spiro atoms. The summed E-state index contributed by atoms with van der Waals surface area (Å²) >= 11 is 2.14. The van der Waals surface area contributed by atoms with E-state index in [1.807, 2.05) is 18.2 Å². The molecule has 2 aromatic carbocycles. The normalized spacial score (nSPS) is 10.1. The van der Waals surface area contributed by atoms with Gasteiger partial charge in [-0.3, -0.25) is 4.79 Å². The van der Waals surface area contributed by atoms with E-state index in [4.69, 9.17) is 5.11 Å².